The smallest absolute Gasteiger partial charge is 0.277 e. The summed E-state index contributed by atoms with van der Waals surface area (Å²) in [4.78, 5) is 23.0. The molecule has 2 aromatic carbocycles. The Balaban J connectivity index is 1.57. The number of rotatable bonds is 4. The number of nitrogens with zero attached hydrogens (tertiary/aromatic N) is 3. The van der Waals surface area contributed by atoms with Crippen LogP contribution in [0.15, 0.2) is 60.9 Å². The van der Waals surface area contributed by atoms with Gasteiger partial charge in [0.1, 0.15) is 23.6 Å². The number of nitrogens with one attached hydrogen (secondary N) is 1. The zero-order valence-corrected chi connectivity index (χ0v) is 14.3. The average Bonchev–Trinajstić information content (AvgIpc) is 3.12. The number of hydrogen-bond donors (Lipinski definition) is 1. The molecule has 6 heteroatoms. The van der Waals surface area contributed by atoms with Gasteiger partial charge in [0.05, 0.1) is 7.11 Å². The Morgan fingerprint density at radius 2 is 2.00 bits per heavy atom. The van der Waals surface area contributed by atoms with Crippen LogP contribution in [-0.2, 0) is 6.42 Å². The number of para-hydroxylation sites is 1. The Labute approximate surface area is 151 Å². The zero-order chi connectivity index (χ0) is 17.9. The van der Waals surface area contributed by atoms with Crippen molar-refractivity contribution in [2.75, 3.05) is 23.9 Å². The number of aromatic nitrogens is 2. The van der Waals surface area contributed by atoms with Crippen molar-refractivity contribution >= 4 is 23.1 Å². The lowest BCUT2D eigenvalue weighted by Crippen LogP contribution is -2.29. The van der Waals surface area contributed by atoms with E-state index in [1.54, 1.807) is 18.1 Å². The number of fused-ring (bicyclic) bond motifs is 1. The molecule has 1 aliphatic rings. The Morgan fingerprint density at radius 1 is 1.12 bits per heavy atom. The number of ether oxygens (including phenoxy) is 1. The maximum Gasteiger partial charge on any atom is 0.277 e. The van der Waals surface area contributed by atoms with Gasteiger partial charge in [-0.1, -0.05) is 24.3 Å². The van der Waals surface area contributed by atoms with Crippen LogP contribution in [0.2, 0.25) is 0 Å². The number of carbonyl (C=O) groups excluding carboxylic acids is 1. The van der Waals surface area contributed by atoms with Crippen LogP contribution in [0.25, 0.3) is 0 Å². The van der Waals surface area contributed by atoms with E-state index in [4.69, 9.17) is 4.74 Å². The van der Waals surface area contributed by atoms with Crippen molar-refractivity contribution in [3.05, 3.63) is 72.2 Å². The van der Waals surface area contributed by atoms with E-state index in [2.05, 4.69) is 21.4 Å². The van der Waals surface area contributed by atoms with Gasteiger partial charge in [0.25, 0.3) is 5.91 Å². The van der Waals surface area contributed by atoms with Crippen LogP contribution in [0.3, 0.4) is 0 Å². The van der Waals surface area contributed by atoms with E-state index in [0.29, 0.717) is 18.1 Å². The topological polar surface area (TPSA) is 67.3 Å². The van der Waals surface area contributed by atoms with Crippen LogP contribution < -0.4 is 15.0 Å². The Bertz CT molecular complexity index is 958. The summed E-state index contributed by atoms with van der Waals surface area (Å²) >= 11 is 0. The summed E-state index contributed by atoms with van der Waals surface area (Å²) in [7, 11) is 1.62. The second kappa shape index (κ2) is 6.84. The third kappa shape index (κ3) is 3.09. The minimum absolute atomic E-state index is 0.119. The summed E-state index contributed by atoms with van der Waals surface area (Å²) in [6.07, 6.45) is 2.26. The second-order valence-corrected chi connectivity index (χ2v) is 5.98. The van der Waals surface area contributed by atoms with E-state index in [-0.39, 0.29) is 5.91 Å². The largest absolute Gasteiger partial charge is 0.497 e. The van der Waals surface area contributed by atoms with E-state index >= 15 is 0 Å². The third-order valence-corrected chi connectivity index (χ3v) is 4.36. The van der Waals surface area contributed by atoms with Crippen molar-refractivity contribution in [2.45, 2.75) is 6.42 Å². The molecule has 0 saturated heterocycles. The third-order valence-electron chi connectivity index (χ3n) is 4.36. The molecule has 6 nitrogen and oxygen atoms in total. The standard InChI is InChI=1S/C20H18N4O2/c1-26-16-7-4-6-15(11-16)23-19-12-17(21-13-22-19)20(25)24-10-9-14-5-2-3-8-18(14)24/h2-8,11-13H,9-10H2,1H3,(H,21,22,23). The van der Waals surface area contributed by atoms with E-state index in [1.165, 1.54) is 11.9 Å². The molecule has 1 amide bonds. The van der Waals surface area contributed by atoms with E-state index in [1.807, 2.05) is 42.5 Å². The number of methoxy groups -OCH3 is 1. The highest BCUT2D eigenvalue weighted by atomic mass is 16.5. The highest BCUT2D eigenvalue weighted by molar-refractivity contribution is 6.06. The van der Waals surface area contributed by atoms with Gasteiger partial charge in [0, 0.05) is 30.1 Å². The first-order chi connectivity index (χ1) is 12.7. The summed E-state index contributed by atoms with van der Waals surface area (Å²) < 4.78 is 5.22. The van der Waals surface area contributed by atoms with Gasteiger partial charge in [-0.25, -0.2) is 9.97 Å². The van der Waals surface area contributed by atoms with Gasteiger partial charge in [-0.15, -0.1) is 0 Å². The average molecular weight is 346 g/mol. The van der Waals surface area contributed by atoms with Gasteiger partial charge in [-0.2, -0.15) is 0 Å². The molecular formula is C20H18N4O2. The molecule has 1 aromatic heterocycles. The van der Waals surface area contributed by atoms with Crippen molar-refractivity contribution in [2.24, 2.45) is 0 Å². The van der Waals surface area contributed by atoms with Crippen LogP contribution in [0.5, 0.6) is 5.75 Å². The van der Waals surface area contributed by atoms with Crippen LogP contribution in [0, 0.1) is 0 Å². The summed E-state index contributed by atoms with van der Waals surface area (Å²) in [6.45, 7) is 0.667. The van der Waals surface area contributed by atoms with Crippen molar-refractivity contribution in [3.63, 3.8) is 0 Å². The van der Waals surface area contributed by atoms with Crippen molar-refractivity contribution in [1.82, 2.24) is 9.97 Å². The monoisotopic (exact) mass is 346 g/mol. The van der Waals surface area contributed by atoms with Gasteiger partial charge in [0.2, 0.25) is 0 Å². The Kier molecular flexibility index (Phi) is 4.23. The molecular weight excluding hydrogens is 328 g/mol. The van der Waals surface area contributed by atoms with Crippen LogP contribution in [0.1, 0.15) is 16.1 Å². The quantitative estimate of drug-likeness (QED) is 0.784. The Hall–Kier alpha value is -3.41. The molecule has 0 fully saturated rings. The number of hydrogen-bond acceptors (Lipinski definition) is 5. The number of amides is 1. The maximum atomic E-state index is 12.9. The fourth-order valence-electron chi connectivity index (χ4n) is 3.08. The fraction of sp³-hybridized carbons (Fsp3) is 0.150. The first-order valence-corrected chi connectivity index (χ1v) is 8.37. The lowest BCUT2D eigenvalue weighted by atomic mass is 10.2. The molecule has 0 unspecified atom stereocenters. The Morgan fingerprint density at radius 3 is 2.88 bits per heavy atom. The molecule has 0 radical (unpaired) electrons. The van der Waals surface area contributed by atoms with Crippen molar-refractivity contribution < 1.29 is 9.53 Å². The number of benzene rings is 2. The molecule has 0 spiro atoms. The first-order valence-electron chi connectivity index (χ1n) is 8.37. The van der Waals surface area contributed by atoms with Gasteiger partial charge in [0.15, 0.2) is 0 Å². The van der Waals surface area contributed by atoms with Crippen LogP contribution >= 0.6 is 0 Å². The van der Waals surface area contributed by atoms with E-state index < -0.39 is 0 Å². The number of carbonyl (C=O) groups is 1. The molecule has 1 N–H and O–H groups in total. The SMILES string of the molecule is COc1cccc(Nc2cc(C(=O)N3CCc4ccccc43)ncn2)c1. The molecule has 2 heterocycles. The van der Waals surface area contributed by atoms with Crippen LogP contribution in [-0.4, -0.2) is 29.5 Å². The molecule has 0 atom stereocenters. The van der Waals surface area contributed by atoms with Gasteiger partial charge >= 0.3 is 0 Å². The molecule has 0 aliphatic carbocycles. The zero-order valence-electron chi connectivity index (χ0n) is 14.3. The first kappa shape index (κ1) is 16.1. The van der Waals surface area contributed by atoms with E-state index in [0.717, 1.165) is 23.5 Å². The molecule has 130 valence electrons. The predicted octanol–water partition coefficient (Wildman–Crippen LogP) is 3.43. The normalized spacial score (nSPS) is 12.6. The van der Waals surface area contributed by atoms with E-state index in [9.17, 15) is 4.79 Å². The lowest BCUT2D eigenvalue weighted by molar-refractivity contribution is 0.0984. The molecule has 4 rings (SSSR count). The summed E-state index contributed by atoms with van der Waals surface area (Å²) in [6, 6.07) is 17.1. The molecule has 1 aliphatic heterocycles. The van der Waals surface area contributed by atoms with Gasteiger partial charge in [-0.3, -0.25) is 4.79 Å². The predicted molar refractivity (Wildman–Crippen MR) is 100 cm³/mol. The number of anilines is 3. The fourth-order valence-corrected chi connectivity index (χ4v) is 3.08. The van der Waals surface area contributed by atoms with Crippen LogP contribution in [0.4, 0.5) is 17.2 Å². The minimum Gasteiger partial charge on any atom is -0.497 e. The second-order valence-electron chi connectivity index (χ2n) is 5.98. The lowest BCUT2D eigenvalue weighted by Gasteiger charge is -2.17. The summed E-state index contributed by atoms with van der Waals surface area (Å²) in [5.41, 5.74) is 3.33. The molecule has 3 aromatic rings. The van der Waals surface area contributed by atoms with Gasteiger partial charge in [-0.05, 0) is 30.2 Å². The molecule has 0 saturated carbocycles. The highest BCUT2D eigenvalue weighted by Gasteiger charge is 2.26. The van der Waals surface area contributed by atoms with Crippen molar-refractivity contribution in [1.29, 1.82) is 0 Å². The molecule has 0 bridgehead atoms. The summed E-state index contributed by atoms with van der Waals surface area (Å²) in [5, 5.41) is 3.18. The maximum absolute atomic E-state index is 12.9. The molecule has 26 heavy (non-hydrogen) atoms. The summed E-state index contributed by atoms with van der Waals surface area (Å²) in [5.74, 6) is 1.18. The highest BCUT2D eigenvalue weighted by Crippen LogP contribution is 2.29. The van der Waals surface area contributed by atoms with Crippen molar-refractivity contribution in [3.8, 4) is 5.75 Å². The van der Waals surface area contributed by atoms with Gasteiger partial charge < -0.3 is 15.0 Å². The minimum atomic E-state index is -0.119.